The minimum atomic E-state index is -0.565. The molecule has 0 amide bonds. The second kappa shape index (κ2) is 8.87. The Hall–Kier alpha value is -3.20. The molecule has 0 spiro atoms. The molecule has 3 N–H and O–H groups in total. The molecule has 2 heterocycles. The number of hydrogen-bond acceptors (Lipinski definition) is 7. The normalized spacial score (nSPS) is 14.5. The molecule has 3 rings (SSSR count). The Kier molecular flexibility index (Phi) is 6.28. The second-order valence-corrected chi connectivity index (χ2v) is 6.73. The lowest BCUT2D eigenvalue weighted by molar-refractivity contribution is -0.114. The van der Waals surface area contributed by atoms with Crippen LogP contribution in [0.25, 0.3) is 0 Å². The molecule has 0 radical (unpaired) electrons. The zero-order chi connectivity index (χ0) is 21.0. The highest BCUT2D eigenvalue weighted by Crippen LogP contribution is 2.21. The van der Waals surface area contributed by atoms with E-state index in [0.717, 1.165) is 6.20 Å². The fourth-order valence-electron chi connectivity index (χ4n) is 2.86. The summed E-state index contributed by atoms with van der Waals surface area (Å²) in [5.74, 6) is -1.15. The van der Waals surface area contributed by atoms with Gasteiger partial charge in [0.05, 0.1) is 11.9 Å². The van der Waals surface area contributed by atoms with Crippen LogP contribution in [0.15, 0.2) is 42.2 Å². The summed E-state index contributed by atoms with van der Waals surface area (Å²) in [6.07, 6.45) is 2.29. The van der Waals surface area contributed by atoms with Gasteiger partial charge in [-0.3, -0.25) is 10.2 Å². The first-order valence-corrected chi connectivity index (χ1v) is 9.12. The van der Waals surface area contributed by atoms with Crippen molar-refractivity contribution in [3.8, 4) is 0 Å². The first-order valence-electron chi connectivity index (χ1n) is 9.12. The highest BCUT2D eigenvalue weighted by Gasteiger charge is 2.29. The fourth-order valence-corrected chi connectivity index (χ4v) is 2.86. The van der Waals surface area contributed by atoms with Gasteiger partial charge < -0.3 is 15.5 Å². The van der Waals surface area contributed by atoms with Gasteiger partial charge in [-0.15, -0.1) is 0 Å². The Bertz CT molecular complexity index is 956. The quantitative estimate of drug-likeness (QED) is 0.462. The van der Waals surface area contributed by atoms with Crippen molar-refractivity contribution in [1.82, 2.24) is 20.6 Å². The highest BCUT2D eigenvalue weighted by molar-refractivity contribution is 6.09. The molecule has 1 aromatic heterocycles. The summed E-state index contributed by atoms with van der Waals surface area (Å²) < 4.78 is 27.9. The van der Waals surface area contributed by atoms with E-state index in [4.69, 9.17) is 5.41 Å². The Balaban J connectivity index is 1.76. The van der Waals surface area contributed by atoms with Crippen LogP contribution in [0.3, 0.4) is 0 Å². The first-order chi connectivity index (χ1) is 13.9. The van der Waals surface area contributed by atoms with Crippen LogP contribution in [0.1, 0.15) is 18.3 Å². The average Bonchev–Trinajstić information content (AvgIpc) is 2.66. The molecular weight excluding hydrogens is 378 g/mol. The van der Waals surface area contributed by atoms with Gasteiger partial charge in [0, 0.05) is 38.2 Å². The predicted molar refractivity (Wildman–Crippen MR) is 106 cm³/mol. The molecule has 0 saturated carbocycles. The number of carbonyl (C=O) groups excluding carboxylic acids is 1. The van der Waals surface area contributed by atoms with E-state index in [2.05, 4.69) is 20.6 Å². The molecule has 0 bridgehead atoms. The van der Waals surface area contributed by atoms with Crippen LogP contribution in [0, 0.1) is 17.0 Å². The third-order valence-corrected chi connectivity index (χ3v) is 4.65. The number of aromatic nitrogens is 2. The van der Waals surface area contributed by atoms with Crippen LogP contribution >= 0.6 is 0 Å². The molecule has 1 aliphatic rings. The Morgan fingerprint density at radius 2 is 2.03 bits per heavy atom. The number of carbonyl (C=O) groups is 1. The number of benzene rings is 1. The van der Waals surface area contributed by atoms with Crippen molar-refractivity contribution in [1.29, 1.82) is 5.41 Å². The van der Waals surface area contributed by atoms with Gasteiger partial charge in [-0.1, -0.05) is 18.2 Å². The maximum atomic E-state index is 14.1. The van der Waals surface area contributed by atoms with Crippen molar-refractivity contribution in [3.05, 3.63) is 65.3 Å². The summed E-state index contributed by atoms with van der Waals surface area (Å²) in [6.45, 7) is 2.63. The van der Waals surface area contributed by atoms with Gasteiger partial charge >= 0.3 is 0 Å². The van der Waals surface area contributed by atoms with Gasteiger partial charge in [-0.2, -0.15) is 0 Å². The SMILES string of the molecule is CNC1CN(c2nc(C(=N)/C=C(\NCc3ccccc3F)C(C)=O)ncc2F)C1. The molecular formula is C20H22F2N6O. The molecule has 152 valence electrons. The van der Waals surface area contributed by atoms with Gasteiger partial charge in [0.1, 0.15) is 11.5 Å². The van der Waals surface area contributed by atoms with Crippen molar-refractivity contribution in [3.63, 3.8) is 0 Å². The van der Waals surface area contributed by atoms with E-state index in [1.165, 1.54) is 19.1 Å². The van der Waals surface area contributed by atoms with Crippen LogP contribution < -0.4 is 15.5 Å². The van der Waals surface area contributed by atoms with E-state index in [9.17, 15) is 13.6 Å². The Morgan fingerprint density at radius 3 is 2.69 bits per heavy atom. The van der Waals surface area contributed by atoms with Gasteiger partial charge in [0.15, 0.2) is 23.2 Å². The number of anilines is 1. The summed E-state index contributed by atoms with van der Waals surface area (Å²) in [5.41, 5.74) is 0.360. The van der Waals surface area contributed by atoms with Crippen molar-refractivity contribution >= 4 is 17.3 Å². The number of allylic oxidation sites excluding steroid dienone is 2. The van der Waals surface area contributed by atoms with Gasteiger partial charge in [-0.05, 0) is 19.2 Å². The summed E-state index contributed by atoms with van der Waals surface area (Å²) in [7, 11) is 1.84. The number of Topliss-reactive ketones (excluding diaryl/α,β-unsaturated/α-hetero) is 1. The lowest BCUT2D eigenvalue weighted by Crippen LogP contribution is -2.57. The largest absolute Gasteiger partial charge is 0.378 e. The summed E-state index contributed by atoms with van der Waals surface area (Å²) in [5, 5.41) is 14.2. The molecule has 7 nitrogen and oxygen atoms in total. The zero-order valence-corrected chi connectivity index (χ0v) is 16.2. The summed E-state index contributed by atoms with van der Waals surface area (Å²) in [4.78, 5) is 21.7. The molecule has 29 heavy (non-hydrogen) atoms. The van der Waals surface area contributed by atoms with E-state index in [0.29, 0.717) is 18.7 Å². The van der Waals surface area contributed by atoms with Crippen LogP contribution in [-0.2, 0) is 11.3 Å². The van der Waals surface area contributed by atoms with E-state index in [-0.39, 0.29) is 47.2 Å². The predicted octanol–water partition coefficient (Wildman–Crippen LogP) is 1.79. The fraction of sp³-hybridized carbons (Fsp3) is 0.300. The highest BCUT2D eigenvalue weighted by atomic mass is 19.1. The maximum Gasteiger partial charge on any atom is 0.183 e. The van der Waals surface area contributed by atoms with E-state index in [1.54, 1.807) is 23.1 Å². The molecule has 0 atom stereocenters. The topological polar surface area (TPSA) is 94.0 Å². The van der Waals surface area contributed by atoms with Crippen molar-refractivity contribution in [2.75, 3.05) is 25.0 Å². The number of likely N-dealkylation sites (N-methyl/N-ethyl adjacent to an activating group) is 1. The minimum absolute atomic E-state index is 0.000694. The lowest BCUT2D eigenvalue weighted by Gasteiger charge is -2.39. The number of ketones is 1. The third kappa shape index (κ3) is 4.80. The molecule has 0 unspecified atom stereocenters. The second-order valence-electron chi connectivity index (χ2n) is 6.73. The van der Waals surface area contributed by atoms with E-state index >= 15 is 0 Å². The first kappa shape index (κ1) is 20.5. The van der Waals surface area contributed by atoms with Gasteiger partial charge in [-0.25, -0.2) is 18.7 Å². The number of rotatable bonds is 8. The average molecular weight is 400 g/mol. The maximum absolute atomic E-state index is 14.1. The molecule has 1 aromatic carbocycles. The molecule has 1 fully saturated rings. The third-order valence-electron chi connectivity index (χ3n) is 4.65. The van der Waals surface area contributed by atoms with Gasteiger partial charge in [0.2, 0.25) is 0 Å². The number of hydrogen-bond donors (Lipinski definition) is 3. The van der Waals surface area contributed by atoms with E-state index < -0.39 is 5.82 Å². The summed E-state index contributed by atoms with van der Waals surface area (Å²) in [6, 6.07) is 6.47. The van der Waals surface area contributed by atoms with E-state index in [1.807, 2.05) is 7.05 Å². The molecule has 1 saturated heterocycles. The summed E-state index contributed by atoms with van der Waals surface area (Å²) >= 11 is 0. The standard InChI is InChI=1S/C20H22F2N6O/c1-12(29)18(25-8-13-5-3-4-6-15(13)21)7-17(23)19-26-9-16(22)20(27-19)28-10-14(11-28)24-2/h3-7,9,14,23-25H,8,10-11H2,1-2H3/b18-7-,23-17?. The molecule has 0 aliphatic carbocycles. The molecule has 9 heteroatoms. The number of halogens is 2. The monoisotopic (exact) mass is 400 g/mol. The zero-order valence-electron chi connectivity index (χ0n) is 16.2. The Labute approximate surface area is 167 Å². The van der Waals surface area contributed by atoms with Crippen LogP contribution in [0.2, 0.25) is 0 Å². The smallest absolute Gasteiger partial charge is 0.183 e. The van der Waals surface area contributed by atoms with Crippen LogP contribution in [-0.4, -0.2) is 47.6 Å². The minimum Gasteiger partial charge on any atom is -0.378 e. The molecule has 1 aliphatic heterocycles. The van der Waals surface area contributed by atoms with Crippen molar-refractivity contribution in [2.45, 2.75) is 19.5 Å². The van der Waals surface area contributed by atoms with Crippen molar-refractivity contribution in [2.24, 2.45) is 0 Å². The number of nitrogens with one attached hydrogen (secondary N) is 3. The Morgan fingerprint density at radius 1 is 1.31 bits per heavy atom. The van der Waals surface area contributed by atoms with Gasteiger partial charge in [0.25, 0.3) is 0 Å². The lowest BCUT2D eigenvalue weighted by atomic mass is 10.1. The van der Waals surface area contributed by atoms with Crippen molar-refractivity contribution < 1.29 is 13.6 Å². The molecule has 2 aromatic rings. The van der Waals surface area contributed by atoms with Crippen LogP contribution in [0.5, 0.6) is 0 Å². The van der Waals surface area contributed by atoms with Crippen LogP contribution in [0.4, 0.5) is 14.6 Å². The number of nitrogens with zero attached hydrogens (tertiary/aromatic N) is 3.